The Kier molecular flexibility index (Phi) is 9.73. The van der Waals surface area contributed by atoms with Gasteiger partial charge in [-0.1, -0.05) is 52.4 Å². The van der Waals surface area contributed by atoms with E-state index in [0.29, 0.717) is 11.9 Å². The average molecular weight is 296 g/mol. The Bertz CT molecular complexity index is 268. The highest BCUT2D eigenvalue weighted by atomic mass is 16.2. The van der Waals surface area contributed by atoms with E-state index in [1.807, 2.05) is 0 Å². The van der Waals surface area contributed by atoms with Crippen molar-refractivity contribution >= 4 is 5.91 Å². The van der Waals surface area contributed by atoms with Gasteiger partial charge in [-0.3, -0.25) is 4.79 Å². The molecule has 0 spiro atoms. The molecule has 0 aromatic heterocycles. The normalized spacial score (nSPS) is 21.7. The Morgan fingerprint density at radius 3 is 2.00 bits per heavy atom. The lowest BCUT2D eigenvalue weighted by molar-refractivity contribution is -0.135. The third-order valence-corrected chi connectivity index (χ3v) is 4.72. The highest BCUT2D eigenvalue weighted by Gasteiger charge is 2.32. The van der Waals surface area contributed by atoms with Crippen LogP contribution in [0.5, 0.6) is 0 Å². The number of nitrogens with one attached hydrogen (secondary N) is 1. The number of hydrogen-bond donors (Lipinski definition) is 1. The summed E-state index contributed by atoms with van der Waals surface area (Å²) in [5.41, 5.74) is 0. The Morgan fingerprint density at radius 1 is 1.00 bits per heavy atom. The quantitative estimate of drug-likeness (QED) is 0.585. The smallest absolute Gasteiger partial charge is 0.227 e. The zero-order valence-electron chi connectivity index (χ0n) is 14.5. The van der Waals surface area contributed by atoms with Crippen molar-refractivity contribution in [3.63, 3.8) is 0 Å². The first kappa shape index (κ1) is 18.5. The summed E-state index contributed by atoms with van der Waals surface area (Å²) in [6.07, 6.45) is 11.0. The second-order valence-corrected chi connectivity index (χ2v) is 6.58. The molecule has 0 aromatic carbocycles. The van der Waals surface area contributed by atoms with E-state index >= 15 is 0 Å². The fourth-order valence-electron chi connectivity index (χ4n) is 3.22. The molecule has 1 fully saturated rings. The molecule has 0 saturated carbocycles. The van der Waals surface area contributed by atoms with Crippen molar-refractivity contribution in [1.82, 2.24) is 10.2 Å². The molecule has 3 nitrogen and oxygen atoms in total. The number of amides is 1. The molecule has 1 saturated heterocycles. The minimum absolute atomic E-state index is 0.211. The van der Waals surface area contributed by atoms with E-state index in [9.17, 15) is 4.79 Å². The maximum absolute atomic E-state index is 12.8. The molecule has 3 heteroatoms. The van der Waals surface area contributed by atoms with Crippen molar-refractivity contribution in [3.05, 3.63) is 0 Å². The molecule has 1 amide bonds. The van der Waals surface area contributed by atoms with Gasteiger partial charge in [0.05, 0.1) is 5.92 Å². The topological polar surface area (TPSA) is 32.3 Å². The van der Waals surface area contributed by atoms with Crippen LogP contribution in [0.4, 0.5) is 0 Å². The van der Waals surface area contributed by atoms with Gasteiger partial charge in [0.2, 0.25) is 5.91 Å². The molecule has 21 heavy (non-hydrogen) atoms. The number of unbranched alkanes of at least 4 members (excludes halogenated alkanes) is 6. The Labute approximate surface area is 131 Å². The molecule has 1 aliphatic heterocycles. The van der Waals surface area contributed by atoms with Crippen LogP contribution in [0.3, 0.4) is 0 Å². The van der Waals surface area contributed by atoms with Gasteiger partial charge in [0.15, 0.2) is 0 Å². The van der Waals surface area contributed by atoms with Crippen molar-refractivity contribution in [2.75, 3.05) is 19.6 Å². The molecule has 1 rings (SSSR count). The van der Waals surface area contributed by atoms with E-state index in [2.05, 4.69) is 31.0 Å². The molecule has 0 aromatic rings. The molecular formula is C18H36N2O. The first-order valence-electron chi connectivity index (χ1n) is 9.22. The molecule has 0 bridgehead atoms. The Hall–Kier alpha value is -0.570. The van der Waals surface area contributed by atoms with Gasteiger partial charge in [0.25, 0.3) is 0 Å². The summed E-state index contributed by atoms with van der Waals surface area (Å²) in [5, 5.41) is 3.41. The van der Waals surface area contributed by atoms with E-state index in [0.717, 1.165) is 26.1 Å². The number of nitrogens with zero attached hydrogens (tertiary/aromatic N) is 1. The van der Waals surface area contributed by atoms with Crippen LogP contribution in [0.25, 0.3) is 0 Å². The van der Waals surface area contributed by atoms with Crippen molar-refractivity contribution in [1.29, 1.82) is 0 Å². The van der Waals surface area contributed by atoms with Gasteiger partial charge in [0.1, 0.15) is 0 Å². The van der Waals surface area contributed by atoms with Gasteiger partial charge in [-0.15, -0.1) is 0 Å². The highest BCUT2D eigenvalue weighted by molar-refractivity contribution is 5.79. The largest absolute Gasteiger partial charge is 0.342 e. The predicted molar refractivity (Wildman–Crippen MR) is 90.4 cm³/mol. The Balaban J connectivity index is 2.42. The van der Waals surface area contributed by atoms with Gasteiger partial charge < -0.3 is 10.2 Å². The maximum atomic E-state index is 12.8. The predicted octanol–water partition coefficient (Wildman–Crippen LogP) is 3.97. The van der Waals surface area contributed by atoms with Crippen LogP contribution in [0.1, 0.15) is 78.6 Å². The van der Waals surface area contributed by atoms with Gasteiger partial charge in [-0.25, -0.2) is 0 Å². The lowest BCUT2D eigenvalue weighted by Crippen LogP contribution is -2.41. The number of rotatable bonds is 11. The van der Waals surface area contributed by atoms with Crippen LogP contribution in [-0.4, -0.2) is 36.5 Å². The highest BCUT2D eigenvalue weighted by Crippen LogP contribution is 2.19. The second kappa shape index (κ2) is 11.1. The standard InChI is InChI=1S/C18H36N2O/c1-4-6-8-10-14-20(15-11-9-7-5-2)18(21)17-12-13-19-16(17)3/h16-17,19H,4-15H2,1-3H3. The number of hydrogen-bond acceptors (Lipinski definition) is 2. The van der Waals surface area contributed by atoms with Gasteiger partial charge in [-0.05, 0) is 32.7 Å². The SMILES string of the molecule is CCCCCCN(CCCCCC)C(=O)C1CCNC1C. The zero-order valence-corrected chi connectivity index (χ0v) is 14.5. The van der Waals surface area contributed by atoms with Crippen molar-refractivity contribution in [2.24, 2.45) is 5.92 Å². The molecule has 124 valence electrons. The van der Waals surface area contributed by atoms with Gasteiger partial charge in [0, 0.05) is 19.1 Å². The minimum Gasteiger partial charge on any atom is -0.342 e. The van der Waals surface area contributed by atoms with E-state index in [1.54, 1.807) is 0 Å². The summed E-state index contributed by atoms with van der Waals surface area (Å²) >= 11 is 0. The van der Waals surface area contributed by atoms with Crippen LogP contribution >= 0.6 is 0 Å². The molecule has 2 atom stereocenters. The van der Waals surface area contributed by atoms with E-state index in [1.165, 1.54) is 51.4 Å². The first-order valence-corrected chi connectivity index (χ1v) is 9.22. The summed E-state index contributed by atoms with van der Waals surface area (Å²) in [7, 11) is 0. The molecule has 2 unspecified atom stereocenters. The van der Waals surface area contributed by atoms with Crippen LogP contribution in [0, 0.1) is 5.92 Å². The molecule has 0 radical (unpaired) electrons. The molecule has 1 aliphatic rings. The van der Waals surface area contributed by atoms with E-state index in [-0.39, 0.29) is 5.92 Å². The van der Waals surface area contributed by atoms with Crippen molar-refractivity contribution < 1.29 is 4.79 Å². The number of carbonyl (C=O) groups is 1. The average Bonchev–Trinajstić information content (AvgIpc) is 2.91. The fourth-order valence-corrected chi connectivity index (χ4v) is 3.22. The molecular weight excluding hydrogens is 260 g/mol. The summed E-state index contributed by atoms with van der Waals surface area (Å²) in [4.78, 5) is 14.9. The van der Waals surface area contributed by atoms with E-state index < -0.39 is 0 Å². The minimum atomic E-state index is 0.211. The lowest BCUT2D eigenvalue weighted by Gasteiger charge is -2.27. The Morgan fingerprint density at radius 2 is 1.57 bits per heavy atom. The summed E-state index contributed by atoms with van der Waals surface area (Å²) in [6, 6.07) is 0.353. The first-order chi connectivity index (χ1) is 10.2. The monoisotopic (exact) mass is 296 g/mol. The lowest BCUT2D eigenvalue weighted by atomic mass is 9.99. The third-order valence-electron chi connectivity index (χ3n) is 4.72. The molecule has 0 aliphatic carbocycles. The van der Waals surface area contributed by atoms with Gasteiger partial charge in [-0.2, -0.15) is 0 Å². The summed E-state index contributed by atoms with van der Waals surface area (Å²) < 4.78 is 0. The van der Waals surface area contributed by atoms with Crippen molar-refractivity contribution in [3.8, 4) is 0 Å². The van der Waals surface area contributed by atoms with E-state index in [4.69, 9.17) is 0 Å². The van der Waals surface area contributed by atoms with Crippen molar-refractivity contribution in [2.45, 2.75) is 84.6 Å². The summed E-state index contributed by atoms with van der Waals surface area (Å²) in [5.74, 6) is 0.614. The number of carbonyl (C=O) groups excluding carboxylic acids is 1. The van der Waals surface area contributed by atoms with Crippen LogP contribution in [0.15, 0.2) is 0 Å². The van der Waals surface area contributed by atoms with Crippen LogP contribution in [0.2, 0.25) is 0 Å². The third kappa shape index (κ3) is 6.82. The van der Waals surface area contributed by atoms with Gasteiger partial charge >= 0.3 is 0 Å². The maximum Gasteiger partial charge on any atom is 0.227 e. The zero-order chi connectivity index (χ0) is 15.5. The van der Waals surface area contributed by atoms with Crippen LogP contribution < -0.4 is 5.32 Å². The second-order valence-electron chi connectivity index (χ2n) is 6.58. The molecule has 1 N–H and O–H groups in total. The molecule has 1 heterocycles. The summed E-state index contributed by atoms with van der Waals surface area (Å²) in [6.45, 7) is 9.56. The fraction of sp³-hybridized carbons (Fsp3) is 0.944. The van der Waals surface area contributed by atoms with Crippen LogP contribution in [-0.2, 0) is 4.79 Å².